The summed E-state index contributed by atoms with van der Waals surface area (Å²) in [4.78, 5) is 23.1. The molecule has 19 heavy (non-hydrogen) atoms. The lowest BCUT2D eigenvalue weighted by Gasteiger charge is -2.08. The van der Waals surface area contributed by atoms with Crippen molar-refractivity contribution in [3.8, 4) is 0 Å². The zero-order valence-corrected chi connectivity index (χ0v) is 12.6. The Morgan fingerprint density at radius 1 is 1.11 bits per heavy atom. The third-order valence-electron chi connectivity index (χ3n) is 2.36. The van der Waals surface area contributed by atoms with Gasteiger partial charge in [-0.3, -0.25) is 0 Å². The molecule has 0 unspecified atom stereocenters. The van der Waals surface area contributed by atoms with Gasteiger partial charge in [-0.05, 0) is 40.3 Å². The van der Waals surface area contributed by atoms with Gasteiger partial charge in [-0.2, -0.15) is 0 Å². The number of benzene rings is 1. The number of esters is 2. The summed E-state index contributed by atoms with van der Waals surface area (Å²) in [5.41, 5.74) is 0.876. The van der Waals surface area contributed by atoms with E-state index in [1.165, 1.54) is 26.4 Å². The molecule has 0 aromatic heterocycles. The molecule has 0 saturated heterocycles. The van der Waals surface area contributed by atoms with Crippen molar-refractivity contribution < 1.29 is 23.5 Å². The van der Waals surface area contributed by atoms with Gasteiger partial charge in [-0.25, -0.2) is 14.0 Å². The van der Waals surface area contributed by atoms with Gasteiger partial charge < -0.3 is 9.47 Å². The van der Waals surface area contributed by atoms with E-state index in [9.17, 15) is 14.0 Å². The maximum Gasteiger partial charge on any atom is 0.344 e. The molecule has 0 amide bonds. The molecule has 0 heterocycles. The van der Waals surface area contributed by atoms with Gasteiger partial charge in [0.25, 0.3) is 0 Å². The van der Waals surface area contributed by atoms with Crippen molar-refractivity contribution in [2.45, 2.75) is 6.42 Å². The topological polar surface area (TPSA) is 52.6 Å². The number of carbonyl (C=O) groups excluding carboxylic acids is 2. The van der Waals surface area contributed by atoms with Crippen molar-refractivity contribution >= 4 is 34.5 Å². The first-order valence-electron chi connectivity index (χ1n) is 5.29. The molecule has 0 aliphatic carbocycles. The minimum atomic E-state index is -0.612. The van der Waals surface area contributed by atoms with Crippen LogP contribution in [-0.2, 0) is 25.5 Å². The molecule has 4 nitrogen and oxygen atoms in total. The Bertz CT molecular complexity index is 508. The zero-order chi connectivity index (χ0) is 14.4. The molecule has 0 atom stereocenters. The number of carbonyl (C=O) groups is 2. The van der Waals surface area contributed by atoms with Crippen LogP contribution < -0.4 is 0 Å². The van der Waals surface area contributed by atoms with Gasteiger partial charge in [0.05, 0.1) is 19.8 Å². The first-order chi connectivity index (χ1) is 8.99. The van der Waals surface area contributed by atoms with Crippen LogP contribution in [-0.4, -0.2) is 26.2 Å². The summed E-state index contributed by atoms with van der Waals surface area (Å²) in [7, 11) is 2.46. The lowest BCUT2D eigenvalue weighted by atomic mass is 10.0. The van der Waals surface area contributed by atoms with Gasteiger partial charge >= 0.3 is 11.9 Å². The largest absolute Gasteiger partial charge is 0.466 e. The first-order valence-corrected chi connectivity index (χ1v) is 6.37. The minimum absolute atomic E-state index is 0.149. The molecule has 0 bridgehead atoms. The summed E-state index contributed by atoms with van der Waals surface area (Å²) in [6, 6.07) is 5.66. The molecular formula is C13H12FIO4. The zero-order valence-electron chi connectivity index (χ0n) is 10.4. The van der Waals surface area contributed by atoms with E-state index in [-0.39, 0.29) is 21.4 Å². The van der Waals surface area contributed by atoms with Crippen LogP contribution in [0.25, 0.3) is 0 Å². The second-order valence-electron chi connectivity index (χ2n) is 3.58. The maximum absolute atomic E-state index is 12.8. The lowest BCUT2D eigenvalue weighted by Crippen LogP contribution is -2.13. The predicted molar refractivity (Wildman–Crippen MR) is 75.2 cm³/mol. The summed E-state index contributed by atoms with van der Waals surface area (Å²) >= 11 is 1.73. The fourth-order valence-corrected chi connectivity index (χ4v) is 2.01. The molecule has 1 aromatic rings. The molecule has 0 aliphatic heterocycles. The van der Waals surface area contributed by atoms with E-state index in [0.717, 1.165) is 0 Å². The highest BCUT2D eigenvalue weighted by Gasteiger charge is 2.20. The smallest absolute Gasteiger partial charge is 0.344 e. The van der Waals surface area contributed by atoms with Crippen LogP contribution in [0.5, 0.6) is 0 Å². The van der Waals surface area contributed by atoms with Crippen LogP contribution in [0, 0.1) is 5.82 Å². The van der Waals surface area contributed by atoms with Crippen LogP contribution in [0.2, 0.25) is 0 Å². The van der Waals surface area contributed by atoms with E-state index in [1.807, 2.05) is 0 Å². The van der Waals surface area contributed by atoms with Crippen LogP contribution in [0.3, 0.4) is 0 Å². The monoisotopic (exact) mass is 378 g/mol. The van der Waals surface area contributed by atoms with Gasteiger partial charge in [-0.15, -0.1) is 0 Å². The highest BCUT2D eigenvalue weighted by molar-refractivity contribution is 14.1. The minimum Gasteiger partial charge on any atom is -0.466 e. The summed E-state index contributed by atoms with van der Waals surface area (Å²) < 4.78 is 22.2. The summed E-state index contributed by atoms with van der Waals surface area (Å²) in [6.45, 7) is 0. The Kier molecular flexibility index (Phi) is 5.94. The van der Waals surface area contributed by atoms with Crippen LogP contribution >= 0.6 is 22.6 Å². The van der Waals surface area contributed by atoms with E-state index >= 15 is 0 Å². The number of ether oxygens (including phenoxy) is 2. The van der Waals surface area contributed by atoms with Crippen LogP contribution in [0.1, 0.15) is 5.56 Å². The molecule has 0 saturated carbocycles. The molecule has 1 aromatic carbocycles. The van der Waals surface area contributed by atoms with E-state index < -0.39 is 11.9 Å². The second kappa shape index (κ2) is 7.22. The van der Waals surface area contributed by atoms with Crippen molar-refractivity contribution in [2.75, 3.05) is 14.2 Å². The van der Waals surface area contributed by atoms with Crippen molar-refractivity contribution in [1.29, 1.82) is 0 Å². The van der Waals surface area contributed by atoms with E-state index in [0.29, 0.717) is 5.56 Å². The standard InChI is InChI=1S/C13H12FIO4/c1-18-12(16)10(11(15)13(17)19-2)7-8-3-5-9(14)6-4-8/h3-6H,7H2,1-2H3/b11-10+. The van der Waals surface area contributed by atoms with E-state index in [4.69, 9.17) is 0 Å². The number of halogens is 2. The number of hydrogen-bond donors (Lipinski definition) is 0. The fourth-order valence-electron chi connectivity index (χ4n) is 1.38. The van der Waals surface area contributed by atoms with Crippen LogP contribution in [0.15, 0.2) is 33.4 Å². The Hall–Kier alpha value is -1.44. The van der Waals surface area contributed by atoms with Gasteiger partial charge in [0.1, 0.15) is 9.40 Å². The lowest BCUT2D eigenvalue weighted by molar-refractivity contribution is -0.138. The van der Waals surface area contributed by atoms with Crippen molar-refractivity contribution in [3.05, 3.63) is 44.8 Å². The molecule has 0 N–H and O–H groups in total. The summed E-state index contributed by atoms with van der Waals surface area (Å²) in [6.07, 6.45) is 0.167. The van der Waals surface area contributed by atoms with Gasteiger partial charge in [0.15, 0.2) is 0 Å². The molecule has 6 heteroatoms. The van der Waals surface area contributed by atoms with Crippen molar-refractivity contribution in [3.63, 3.8) is 0 Å². The molecule has 0 radical (unpaired) electrons. The van der Waals surface area contributed by atoms with Gasteiger partial charge in [0.2, 0.25) is 0 Å². The molecule has 0 aliphatic rings. The Labute approximate surface area is 123 Å². The molecule has 0 spiro atoms. The van der Waals surface area contributed by atoms with Gasteiger partial charge in [0, 0.05) is 6.42 Å². The summed E-state index contributed by atoms with van der Waals surface area (Å²) in [5.74, 6) is -1.59. The van der Waals surface area contributed by atoms with Gasteiger partial charge in [-0.1, -0.05) is 12.1 Å². The second-order valence-corrected chi connectivity index (χ2v) is 4.66. The van der Waals surface area contributed by atoms with E-state index in [2.05, 4.69) is 9.47 Å². The number of rotatable bonds is 4. The number of hydrogen-bond acceptors (Lipinski definition) is 4. The SMILES string of the molecule is COC(=O)/C(I)=C(/Cc1ccc(F)cc1)C(=O)OC. The molecule has 0 fully saturated rings. The van der Waals surface area contributed by atoms with Crippen LogP contribution in [0.4, 0.5) is 4.39 Å². The van der Waals surface area contributed by atoms with E-state index in [1.54, 1.807) is 34.7 Å². The third-order valence-corrected chi connectivity index (χ3v) is 3.45. The predicted octanol–water partition coefficient (Wildman–Crippen LogP) is 2.40. The van der Waals surface area contributed by atoms with Crippen molar-refractivity contribution in [1.82, 2.24) is 0 Å². The normalized spacial score (nSPS) is 11.6. The molecule has 1 rings (SSSR count). The third kappa shape index (κ3) is 4.30. The average Bonchev–Trinajstić information content (AvgIpc) is 2.44. The maximum atomic E-state index is 12.8. The van der Waals surface area contributed by atoms with Crippen molar-refractivity contribution in [2.24, 2.45) is 0 Å². The fraction of sp³-hybridized carbons (Fsp3) is 0.231. The Balaban J connectivity index is 3.09. The Morgan fingerprint density at radius 2 is 1.63 bits per heavy atom. The molecular weight excluding hydrogens is 366 g/mol. The molecule has 102 valence electrons. The highest BCUT2D eigenvalue weighted by atomic mass is 127. The Morgan fingerprint density at radius 3 is 2.11 bits per heavy atom. The quantitative estimate of drug-likeness (QED) is 0.459. The average molecular weight is 378 g/mol. The highest BCUT2D eigenvalue weighted by Crippen LogP contribution is 2.20. The first kappa shape index (κ1) is 15.6. The summed E-state index contributed by atoms with van der Waals surface area (Å²) in [5, 5.41) is 0. The number of methoxy groups -OCH3 is 2.